The van der Waals surface area contributed by atoms with Crippen LogP contribution in [-0.2, 0) is 14.3 Å². The summed E-state index contributed by atoms with van der Waals surface area (Å²) in [6, 6.07) is 7.42. The number of allylic oxidation sites excluding steroid dienone is 1. The van der Waals surface area contributed by atoms with Gasteiger partial charge < -0.3 is 19.1 Å². The van der Waals surface area contributed by atoms with Crippen LogP contribution in [-0.4, -0.2) is 39.1 Å². The Hall–Kier alpha value is -1.85. The van der Waals surface area contributed by atoms with E-state index in [1.165, 1.54) is 12.8 Å². The first-order valence-electron chi connectivity index (χ1n) is 7.99. The smallest absolute Gasteiger partial charge is 0.259 e. The van der Waals surface area contributed by atoms with Crippen molar-refractivity contribution in [2.75, 3.05) is 25.9 Å². The van der Waals surface area contributed by atoms with Gasteiger partial charge >= 0.3 is 0 Å². The first-order valence-corrected chi connectivity index (χ1v) is 7.99. The lowest BCUT2D eigenvalue weighted by Crippen LogP contribution is -2.65. The van der Waals surface area contributed by atoms with Crippen molar-refractivity contribution in [2.45, 2.75) is 31.4 Å². The highest BCUT2D eigenvalue weighted by Crippen LogP contribution is 2.35. The van der Waals surface area contributed by atoms with Gasteiger partial charge in [-0.15, -0.1) is 0 Å². The molecule has 1 aliphatic heterocycles. The second kappa shape index (κ2) is 7.15. The Kier molecular flexibility index (Phi) is 4.98. The SMILES string of the molecule is COCO[C@H]1C(=O)N(c2ccc(OC)cc2)C1C=CCC1CC1. The molecule has 124 valence electrons. The standard InChI is InChI=1S/C18H23NO4/c1-21-12-23-17-16(5-3-4-13-6-7-13)19(18(17)20)14-8-10-15(22-2)11-9-14/h3,5,8-11,13,16-17H,4,6-7,12H2,1-2H3/t16?,17-/m1/s1. The largest absolute Gasteiger partial charge is 0.497 e. The summed E-state index contributed by atoms with van der Waals surface area (Å²) in [5, 5.41) is 0. The van der Waals surface area contributed by atoms with Gasteiger partial charge in [-0.25, -0.2) is 0 Å². The van der Waals surface area contributed by atoms with Crippen molar-refractivity contribution in [3.05, 3.63) is 36.4 Å². The number of methoxy groups -OCH3 is 2. The van der Waals surface area contributed by atoms with Crippen LogP contribution >= 0.6 is 0 Å². The molecule has 1 saturated carbocycles. The summed E-state index contributed by atoms with van der Waals surface area (Å²) in [6.07, 6.45) is 7.52. The Balaban J connectivity index is 1.72. The monoisotopic (exact) mass is 317 g/mol. The number of nitrogens with zero attached hydrogens (tertiary/aromatic N) is 1. The van der Waals surface area contributed by atoms with Crippen LogP contribution in [0.1, 0.15) is 19.3 Å². The van der Waals surface area contributed by atoms with Gasteiger partial charge in [-0.05, 0) is 49.4 Å². The minimum Gasteiger partial charge on any atom is -0.497 e. The molecular formula is C18H23NO4. The van der Waals surface area contributed by atoms with Crippen molar-refractivity contribution in [3.63, 3.8) is 0 Å². The zero-order valence-corrected chi connectivity index (χ0v) is 13.6. The Morgan fingerprint density at radius 1 is 1.22 bits per heavy atom. The van der Waals surface area contributed by atoms with Crippen LogP contribution in [0.4, 0.5) is 5.69 Å². The van der Waals surface area contributed by atoms with E-state index < -0.39 is 6.10 Å². The van der Waals surface area contributed by atoms with Crippen molar-refractivity contribution in [1.82, 2.24) is 0 Å². The van der Waals surface area contributed by atoms with Crippen LogP contribution in [0.2, 0.25) is 0 Å². The number of amides is 1. The summed E-state index contributed by atoms with van der Waals surface area (Å²) >= 11 is 0. The second-order valence-electron chi connectivity index (χ2n) is 6.00. The average molecular weight is 317 g/mol. The zero-order chi connectivity index (χ0) is 16.2. The van der Waals surface area contributed by atoms with Crippen molar-refractivity contribution in [2.24, 2.45) is 5.92 Å². The molecule has 2 fully saturated rings. The number of hydrogen-bond acceptors (Lipinski definition) is 4. The van der Waals surface area contributed by atoms with E-state index in [9.17, 15) is 4.79 Å². The molecule has 0 N–H and O–H groups in total. The number of benzene rings is 1. The maximum Gasteiger partial charge on any atom is 0.259 e. The molecule has 0 spiro atoms. The van der Waals surface area contributed by atoms with E-state index in [2.05, 4.69) is 12.2 Å². The molecule has 2 atom stereocenters. The number of ether oxygens (including phenoxy) is 3. The van der Waals surface area contributed by atoms with E-state index in [1.807, 2.05) is 24.3 Å². The quantitative estimate of drug-likeness (QED) is 0.420. The van der Waals surface area contributed by atoms with Crippen LogP contribution in [0.25, 0.3) is 0 Å². The highest BCUT2D eigenvalue weighted by molar-refractivity contribution is 6.05. The van der Waals surface area contributed by atoms with Crippen molar-refractivity contribution < 1.29 is 19.0 Å². The lowest BCUT2D eigenvalue weighted by atomic mass is 9.95. The highest BCUT2D eigenvalue weighted by atomic mass is 16.7. The van der Waals surface area contributed by atoms with Gasteiger partial charge in [0, 0.05) is 12.8 Å². The Morgan fingerprint density at radius 2 is 1.96 bits per heavy atom. The van der Waals surface area contributed by atoms with E-state index in [1.54, 1.807) is 19.1 Å². The molecule has 5 heteroatoms. The van der Waals surface area contributed by atoms with Crippen molar-refractivity contribution in [3.8, 4) is 5.75 Å². The third-order valence-corrected chi connectivity index (χ3v) is 4.30. The molecule has 2 aliphatic rings. The number of β-lactam (4-membered cyclic amide) rings is 1. The normalized spacial score (nSPS) is 24.1. The molecule has 0 aromatic heterocycles. The second-order valence-corrected chi connectivity index (χ2v) is 6.00. The molecule has 1 heterocycles. The van der Waals surface area contributed by atoms with E-state index in [4.69, 9.17) is 14.2 Å². The fourth-order valence-corrected chi connectivity index (χ4v) is 2.79. The topological polar surface area (TPSA) is 48.0 Å². The highest BCUT2D eigenvalue weighted by Gasteiger charge is 2.47. The van der Waals surface area contributed by atoms with Crippen LogP contribution in [0.15, 0.2) is 36.4 Å². The summed E-state index contributed by atoms with van der Waals surface area (Å²) in [7, 11) is 3.18. The molecule has 1 amide bonds. The van der Waals surface area contributed by atoms with Gasteiger partial charge in [0.2, 0.25) is 0 Å². The lowest BCUT2D eigenvalue weighted by Gasteiger charge is -2.45. The summed E-state index contributed by atoms with van der Waals surface area (Å²) in [6.45, 7) is 0.125. The van der Waals surface area contributed by atoms with Crippen molar-refractivity contribution >= 4 is 11.6 Å². The van der Waals surface area contributed by atoms with Gasteiger partial charge in [0.05, 0.1) is 13.2 Å². The van der Waals surface area contributed by atoms with Gasteiger partial charge in [-0.3, -0.25) is 4.79 Å². The van der Waals surface area contributed by atoms with Gasteiger partial charge in [0.1, 0.15) is 12.5 Å². The lowest BCUT2D eigenvalue weighted by molar-refractivity contribution is -0.151. The molecule has 1 unspecified atom stereocenters. The molecule has 3 rings (SSSR count). The number of rotatable bonds is 8. The van der Waals surface area contributed by atoms with E-state index in [0.717, 1.165) is 23.8 Å². The van der Waals surface area contributed by atoms with Crippen LogP contribution < -0.4 is 9.64 Å². The predicted molar refractivity (Wildman–Crippen MR) is 87.5 cm³/mol. The third-order valence-electron chi connectivity index (χ3n) is 4.30. The van der Waals surface area contributed by atoms with E-state index >= 15 is 0 Å². The molecule has 0 bridgehead atoms. The van der Waals surface area contributed by atoms with Gasteiger partial charge in [0.25, 0.3) is 5.91 Å². The first kappa shape index (κ1) is 16.0. The first-order chi connectivity index (χ1) is 11.2. The average Bonchev–Trinajstić information content (AvgIpc) is 3.39. The fourth-order valence-electron chi connectivity index (χ4n) is 2.79. The van der Waals surface area contributed by atoms with Gasteiger partial charge in [-0.2, -0.15) is 0 Å². The Morgan fingerprint density at radius 3 is 2.57 bits per heavy atom. The number of carbonyl (C=O) groups excluding carboxylic acids is 1. The third kappa shape index (κ3) is 3.57. The molecular weight excluding hydrogens is 294 g/mol. The van der Waals surface area contributed by atoms with Gasteiger partial charge in [0.15, 0.2) is 6.10 Å². The maximum absolute atomic E-state index is 12.4. The maximum atomic E-state index is 12.4. The van der Waals surface area contributed by atoms with Crippen LogP contribution in [0, 0.1) is 5.92 Å². The van der Waals surface area contributed by atoms with Gasteiger partial charge in [-0.1, -0.05) is 12.2 Å². The molecule has 1 saturated heterocycles. The van der Waals surface area contributed by atoms with E-state index in [0.29, 0.717) is 0 Å². The fraction of sp³-hybridized carbons (Fsp3) is 0.500. The molecule has 0 radical (unpaired) electrons. The molecule has 1 aliphatic carbocycles. The molecule has 1 aromatic carbocycles. The van der Waals surface area contributed by atoms with Crippen molar-refractivity contribution in [1.29, 1.82) is 0 Å². The Bertz CT molecular complexity index is 565. The number of hydrogen-bond donors (Lipinski definition) is 0. The zero-order valence-electron chi connectivity index (χ0n) is 13.6. The minimum atomic E-state index is -0.465. The Labute approximate surface area is 136 Å². The summed E-state index contributed by atoms with van der Waals surface area (Å²) in [4.78, 5) is 14.2. The number of anilines is 1. The molecule has 23 heavy (non-hydrogen) atoms. The number of carbonyl (C=O) groups is 1. The van der Waals surface area contributed by atoms with Crippen LogP contribution in [0.3, 0.4) is 0 Å². The van der Waals surface area contributed by atoms with E-state index in [-0.39, 0.29) is 18.7 Å². The summed E-state index contributed by atoms with van der Waals surface area (Å²) in [5.41, 5.74) is 0.856. The van der Waals surface area contributed by atoms with Crippen LogP contribution in [0.5, 0.6) is 5.75 Å². The molecule has 1 aromatic rings. The predicted octanol–water partition coefficient (Wildman–Crippen LogP) is 2.76. The minimum absolute atomic E-state index is 0.0340. The summed E-state index contributed by atoms with van der Waals surface area (Å²) < 4.78 is 15.6. The molecule has 5 nitrogen and oxygen atoms in total. The summed E-state index contributed by atoms with van der Waals surface area (Å²) in [5.74, 6) is 1.57.